The van der Waals surface area contributed by atoms with E-state index in [-0.39, 0.29) is 17.4 Å². The highest BCUT2D eigenvalue weighted by Gasteiger charge is 2.48. The van der Waals surface area contributed by atoms with Crippen molar-refractivity contribution in [3.63, 3.8) is 0 Å². The zero-order valence-electron chi connectivity index (χ0n) is 16.0. The maximum atomic E-state index is 12.9. The molecule has 7 heteroatoms. The third-order valence-electron chi connectivity index (χ3n) is 6.61. The van der Waals surface area contributed by atoms with Crippen LogP contribution >= 0.6 is 0 Å². The van der Waals surface area contributed by atoms with Crippen LogP contribution < -0.4 is 0 Å². The van der Waals surface area contributed by atoms with Crippen molar-refractivity contribution >= 4 is 15.9 Å². The molecule has 0 N–H and O–H groups in total. The highest BCUT2D eigenvalue weighted by atomic mass is 32.2. The van der Waals surface area contributed by atoms with Gasteiger partial charge in [-0.3, -0.25) is 9.69 Å². The van der Waals surface area contributed by atoms with E-state index >= 15 is 0 Å². The van der Waals surface area contributed by atoms with Crippen molar-refractivity contribution in [1.29, 1.82) is 0 Å². The molecule has 1 spiro atoms. The van der Waals surface area contributed by atoms with Crippen LogP contribution in [0.3, 0.4) is 0 Å². The number of rotatable bonds is 3. The van der Waals surface area contributed by atoms with E-state index in [4.69, 9.17) is 0 Å². The number of hydrogen-bond acceptors (Lipinski definition) is 4. The number of piperidine rings is 1. The Bertz CT molecular complexity index is 782. The molecule has 4 rings (SSSR count). The van der Waals surface area contributed by atoms with Gasteiger partial charge in [0.05, 0.1) is 10.9 Å². The molecule has 1 aromatic carbocycles. The van der Waals surface area contributed by atoms with Gasteiger partial charge in [0.1, 0.15) is 0 Å². The Morgan fingerprint density at radius 2 is 1.67 bits per heavy atom. The number of hydrogen-bond donors (Lipinski definition) is 0. The van der Waals surface area contributed by atoms with Crippen molar-refractivity contribution in [3.8, 4) is 0 Å². The quantitative estimate of drug-likeness (QED) is 0.788. The lowest BCUT2D eigenvalue weighted by Crippen LogP contribution is -2.44. The molecular weight excluding hydrogens is 362 g/mol. The SMILES string of the molecule is CN1CC2(CCN(S(=O)(=O)c3ccccc3)CC2)C[C@H]1C(=O)N1CCCC1. The molecule has 0 aliphatic carbocycles. The summed E-state index contributed by atoms with van der Waals surface area (Å²) in [4.78, 5) is 17.4. The summed E-state index contributed by atoms with van der Waals surface area (Å²) in [6.07, 6.45) is 4.73. The van der Waals surface area contributed by atoms with Crippen molar-refractivity contribution in [1.82, 2.24) is 14.1 Å². The molecule has 3 aliphatic heterocycles. The number of nitrogens with zero attached hydrogens (tertiary/aromatic N) is 3. The second-order valence-corrected chi connectivity index (χ2v) is 10.3. The van der Waals surface area contributed by atoms with E-state index in [2.05, 4.69) is 4.90 Å². The van der Waals surface area contributed by atoms with Crippen molar-refractivity contribution in [2.45, 2.75) is 43.0 Å². The number of benzene rings is 1. The molecule has 1 amide bonds. The first-order chi connectivity index (χ1) is 12.9. The van der Waals surface area contributed by atoms with Gasteiger partial charge in [0.15, 0.2) is 0 Å². The van der Waals surface area contributed by atoms with Gasteiger partial charge in [-0.25, -0.2) is 8.42 Å². The molecule has 6 nitrogen and oxygen atoms in total. The maximum absolute atomic E-state index is 12.9. The number of carbonyl (C=O) groups is 1. The van der Waals surface area contributed by atoms with E-state index in [0.29, 0.717) is 18.0 Å². The Morgan fingerprint density at radius 3 is 2.30 bits per heavy atom. The predicted molar refractivity (Wildman–Crippen MR) is 104 cm³/mol. The molecule has 0 aromatic heterocycles. The van der Waals surface area contributed by atoms with E-state index < -0.39 is 10.0 Å². The molecule has 148 valence electrons. The van der Waals surface area contributed by atoms with E-state index in [9.17, 15) is 13.2 Å². The fourth-order valence-corrected chi connectivity index (χ4v) is 6.46. The first-order valence-electron chi connectivity index (χ1n) is 9.96. The minimum atomic E-state index is -3.42. The summed E-state index contributed by atoms with van der Waals surface area (Å²) >= 11 is 0. The molecule has 0 bridgehead atoms. The number of amides is 1. The van der Waals surface area contributed by atoms with Crippen molar-refractivity contribution in [2.75, 3.05) is 39.8 Å². The Kier molecular flexibility index (Phi) is 5.03. The average molecular weight is 392 g/mol. The summed E-state index contributed by atoms with van der Waals surface area (Å²) in [5.41, 5.74) is 0.0670. The lowest BCUT2D eigenvalue weighted by atomic mass is 9.77. The zero-order chi connectivity index (χ0) is 19.1. The number of likely N-dealkylation sites (tertiary alicyclic amines) is 2. The van der Waals surface area contributed by atoms with Gasteiger partial charge in [0.25, 0.3) is 0 Å². The van der Waals surface area contributed by atoms with Crippen molar-refractivity contribution < 1.29 is 13.2 Å². The highest BCUT2D eigenvalue weighted by molar-refractivity contribution is 7.89. The summed E-state index contributed by atoms with van der Waals surface area (Å²) in [6.45, 7) is 3.74. The highest BCUT2D eigenvalue weighted by Crippen LogP contribution is 2.44. The first kappa shape index (κ1) is 18.9. The van der Waals surface area contributed by atoms with Crippen molar-refractivity contribution in [3.05, 3.63) is 30.3 Å². The van der Waals surface area contributed by atoms with E-state index in [1.807, 2.05) is 18.0 Å². The lowest BCUT2D eigenvalue weighted by molar-refractivity contribution is -0.134. The topological polar surface area (TPSA) is 60.9 Å². The average Bonchev–Trinajstić information content (AvgIpc) is 3.31. The van der Waals surface area contributed by atoms with Crippen LogP contribution in [0.5, 0.6) is 0 Å². The molecule has 3 heterocycles. The minimum absolute atomic E-state index is 0.0413. The van der Waals surface area contributed by atoms with Gasteiger partial charge in [-0.1, -0.05) is 18.2 Å². The lowest BCUT2D eigenvalue weighted by Gasteiger charge is -2.38. The van der Waals surface area contributed by atoms with E-state index in [0.717, 1.165) is 51.7 Å². The predicted octanol–water partition coefficient (Wildman–Crippen LogP) is 1.78. The molecule has 0 radical (unpaired) electrons. The van der Waals surface area contributed by atoms with Crippen LogP contribution in [-0.4, -0.2) is 74.2 Å². The van der Waals surface area contributed by atoms with Gasteiger partial charge in [-0.05, 0) is 56.7 Å². The molecule has 1 aromatic rings. The van der Waals surface area contributed by atoms with Gasteiger partial charge >= 0.3 is 0 Å². The van der Waals surface area contributed by atoms with Gasteiger partial charge in [-0.2, -0.15) is 4.31 Å². The first-order valence-corrected chi connectivity index (χ1v) is 11.4. The smallest absolute Gasteiger partial charge is 0.243 e. The molecule has 0 saturated carbocycles. The minimum Gasteiger partial charge on any atom is -0.341 e. The van der Waals surface area contributed by atoms with Crippen molar-refractivity contribution in [2.24, 2.45) is 5.41 Å². The fourth-order valence-electron chi connectivity index (χ4n) is 5.00. The van der Waals surface area contributed by atoms with Crippen LogP contribution in [0.1, 0.15) is 32.1 Å². The third-order valence-corrected chi connectivity index (χ3v) is 8.52. The standard InChI is InChI=1S/C20H29N3O3S/c1-21-16-20(15-18(21)19(24)22-11-5-6-12-22)9-13-23(14-10-20)27(25,26)17-7-3-2-4-8-17/h2-4,7-8,18H,5-6,9-16H2,1H3/t18-/m0/s1. The van der Waals surface area contributed by atoms with Crippen LogP contribution in [0.4, 0.5) is 0 Å². The summed E-state index contributed by atoms with van der Waals surface area (Å²) in [6, 6.07) is 8.63. The van der Waals surface area contributed by atoms with Crippen LogP contribution in [0.25, 0.3) is 0 Å². The Labute approximate surface area is 162 Å². The second-order valence-electron chi connectivity index (χ2n) is 8.38. The summed E-state index contributed by atoms with van der Waals surface area (Å²) < 4.78 is 27.3. The summed E-state index contributed by atoms with van der Waals surface area (Å²) in [5, 5.41) is 0. The van der Waals surface area contributed by atoms with Crippen LogP contribution in [0, 0.1) is 5.41 Å². The molecule has 3 saturated heterocycles. The third kappa shape index (κ3) is 3.52. The largest absolute Gasteiger partial charge is 0.341 e. The second kappa shape index (κ2) is 7.18. The van der Waals surface area contributed by atoms with E-state index in [1.54, 1.807) is 28.6 Å². The summed E-state index contributed by atoms with van der Waals surface area (Å²) in [5.74, 6) is 0.270. The molecule has 1 atom stereocenters. The Hall–Kier alpha value is -1.44. The monoisotopic (exact) mass is 391 g/mol. The molecule has 3 fully saturated rings. The van der Waals surface area contributed by atoms with Gasteiger partial charge in [0.2, 0.25) is 15.9 Å². The zero-order valence-corrected chi connectivity index (χ0v) is 16.8. The molecule has 27 heavy (non-hydrogen) atoms. The number of carbonyl (C=O) groups excluding carboxylic acids is 1. The van der Waals surface area contributed by atoms with Crippen LogP contribution in [-0.2, 0) is 14.8 Å². The maximum Gasteiger partial charge on any atom is 0.243 e. The van der Waals surface area contributed by atoms with Crippen LogP contribution in [0.15, 0.2) is 35.2 Å². The molecule has 3 aliphatic rings. The van der Waals surface area contributed by atoms with Gasteiger partial charge < -0.3 is 4.90 Å². The van der Waals surface area contributed by atoms with E-state index in [1.165, 1.54) is 0 Å². The normalized spacial score (nSPS) is 26.7. The molecular formula is C20H29N3O3S. The van der Waals surface area contributed by atoms with Gasteiger partial charge in [0, 0.05) is 32.7 Å². The number of sulfonamides is 1. The van der Waals surface area contributed by atoms with Gasteiger partial charge in [-0.15, -0.1) is 0 Å². The number of likely N-dealkylation sites (N-methyl/N-ethyl adjacent to an activating group) is 1. The van der Waals surface area contributed by atoms with Crippen LogP contribution in [0.2, 0.25) is 0 Å². The molecule has 0 unspecified atom stereocenters. The Morgan fingerprint density at radius 1 is 1.04 bits per heavy atom. The fraction of sp³-hybridized carbons (Fsp3) is 0.650. The Balaban J connectivity index is 1.42. The summed E-state index contributed by atoms with van der Waals surface area (Å²) in [7, 11) is -1.38.